The molecule has 7 atom stereocenters. The molecule has 0 radical (unpaired) electrons. The van der Waals surface area contributed by atoms with Crippen LogP contribution < -0.4 is 5.32 Å². The SMILES string of the molecule is CC(C1=CCC(C2CCCC3=C2CCCC3)CC1)C1CCCC/C1=C(/CNC1C=CCCC1)C1CCCC(c2cc[nH]c2)C1. The van der Waals surface area contributed by atoms with Crippen molar-refractivity contribution < 1.29 is 0 Å². The van der Waals surface area contributed by atoms with Gasteiger partial charge >= 0.3 is 0 Å². The van der Waals surface area contributed by atoms with Crippen molar-refractivity contribution in [2.45, 2.75) is 154 Å². The minimum Gasteiger partial charge on any atom is -0.367 e. The maximum Gasteiger partial charge on any atom is 0.0253 e. The summed E-state index contributed by atoms with van der Waals surface area (Å²) in [5.41, 5.74) is 11.0. The Balaban J connectivity index is 1.11. The van der Waals surface area contributed by atoms with Crippen LogP contribution in [0.3, 0.4) is 0 Å². The number of hydrogen-bond acceptors (Lipinski definition) is 1. The van der Waals surface area contributed by atoms with Gasteiger partial charge in [0.15, 0.2) is 0 Å². The van der Waals surface area contributed by atoms with E-state index in [1.807, 2.05) is 27.9 Å². The average molecular weight is 595 g/mol. The zero-order valence-electron chi connectivity index (χ0n) is 28.1. The van der Waals surface area contributed by atoms with Crippen LogP contribution in [-0.2, 0) is 0 Å². The van der Waals surface area contributed by atoms with Crippen molar-refractivity contribution in [2.75, 3.05) is 6.54 Å². The molecule has 240 valence electrons. The van der Waals surface area contributed by atoms with Crippen LogP contribution in [0, 0.1) is 29.6 Å². The molecular formula is C42H62N2. The van der Waals surface area contributed by atoms with Gasteiger partial charge in [0, 0.05) is 25.0 Å². The maximum absolute atomic E-state index is 4.10. The van der Waals surface area contributed by atoms with Gasteiger partial charge in [-0.25, -0.2) is 0 Å². The molecule has 7 rings (SSSR count). The van der Waals surface area contributed by atoms with Gasteiger partial charge in [-0.3, -0.25) is 0 Å². The Morgan fingerprint density at radius 3 is 2.64 bits per heavy atom. The second-order valence-electron chi connectivity index (χ2n) is 15.9. The topological polar surface area (TPSA) is 27.8 Å². The Bertz CT molecular complexity index is 1210. The van der Waals surface area contributed by atoms with Crippen molar-refractivity contribution in [3.63, 3.8) is 0 Å². The molecular weight excluding hydrogens is 532 g/mol. The summed E-state index contributed by atoms with van der Waals surface area (Å²) in [4.78, 5) is 3.36. The molecule has 7 unspecified atom stereocenters. The van der Waals surface area contributed by atoms with Crippen molar-refractivity contribution in [3.8, 4) is 0 Å². The summed E-state index contributed by atoms with van der Waals surface area (Å²) >= 11 is 0. The fraction of sp³-hybridized carbons (Fsp3) is 0.714. The fourth-order valence-corrected chi connectivity index (χ4v) is 11.0. The standard InChI is InChI=1S/C42H62N2/c1-30(31-21-23-33(24-22-31)40-20-10-12-32-11-5-6-18-39(32)40)38-17-7-8-19-41(38)42(29-44-37-15-3-2-4-16-37)35-14-9-13-34(27-35)36-25-26-43-28-36/h3,15,21,25-26,28,30,33-35,37-38,40,43-44H,2,4-14,16-20,22-24,27,29H2,1H3/b42-41+. The number of H-pyrrole nitrogens is 1. The monoisotopic (exact) mass is 594 g/mol. The number of aromatic amines is 1. The number of rotatable bonds is 8. The van der Waals surface area contributed by atoms with Gasteiger partial charge in [-0.05, 0) is 169 Å². The normalized spacial score (nSPS) is 35.2. The minimum atomic E-state index is 0.570. The second-order valence-corrected chi connectivity index (χ2v) is 15.9. The van der Waals surface area contributed by atoms with Gasteiger partial charge in [-0.1, -0.05) is 65.9 Å². The van der Waals surface area contributed by atoms with E-state index in [1.165, 1.54) is 135 Å². The Labute approximate surface area is 269 Å². The summed E-state index contributed by atoms with van der Waals surface area (Å²) in [5, 5.41) is 4.10. The lowest BCUT2D eigenvalue weighted by molar-refractivity contribution is 0.278. The third-order valence-corrected chi connectivity index (χ3v) is 13.5. The second kappa shape index (κ2) is 14.7. The Morgan fingerprint density at radius 1 is 0.886 bits per heavy atom. The zero-order chi connectivity index (χ0) is 29.7. The van der Waals surface area contributed by atoms with Gasteiger partial charge in [-0.15, -0.1) is 0 Å². The summed E-state index contributed by atoms with van der Waals surface area (Å²) < 4.78 is 0. The lowest BCUT2D eigenvalue weighted by Crippen LogP contribution is -2.34. The first kappa shape index (κ1) is 30.8. The summed E-state index contributed by atoms with van der Waals surface area (Å²) in [6, 6.07) is 2.92. The van der Waals surface area contributed by atoms with Gasteiger partial charge in [0.2, 0.25) is 0 Å². The van der Waals surface area contributed by atoms with Gasteiger partial charge in [-0.2, -0.15) is 0 Å². The Hall–Kier alpha value is -1.80. The quantitative estimate of drug-likeness (QED) is 0.288. The summed E-state index contributed by atoms with van der Waals surface area (Å²) in [6.45, 7) is 3.77. The van der Waals surface area contributed by atoms with Crippen molar-refractivity contribution in [3.05, 3.63) is 70.1 Å². The smallest absolute Gasteiger partial charge is 0.0253 e. The molecule has 2 N–H and O–H groups in total. The number of hydrogen-bond donors (Lipinski definition) is 2. The van der Waals surface area contributed by atoms with Crippen molar-refractivity contribution in [2.24, 2.45) is 29.6 Å². The largest absolute Gasteiger partial charge is 0.367 e. The van der Waals surface area contributed by atoms with Crippen LogP contribution in [0.1, 0.15) is 153 Å². The van der Waals surface area contributed by atoms with E-state index in [1.54, 1.807) is 5.56 Å². The van der Waals surface area contributed by atoms with Crippen LogP contribution >= 0.6 is 0 Å². The summed E-state index contributed by atoms with van der Waals surface area (Å²) in [6.07, 6.45) is 41.4. The Morgan fingerprint density at radius 2 is 1.80 bits per heavy atom. The molecule has 0 bridgehead atoms. The third-order valence-electron chi connectivity index (χ3n) is 13.5. The van der Waals surface area contributed by atoms with Gasteiger partial charge in [0.25, 0.3) is 0 Å². The fourth-order valence-electron chi connectivity index (χ4n) is 11.0. The van der Waals surface area contributed by atoms with Crippen LogP contribution in [0.4, 0.5) is 0 Å². The number of nitrogens with one attached hydrogen (secondary N) is 2. The lowest BCUT2D eigenvalue weighted by atomic mass is 9.65. The molecule has 2 fully saturated rings. The highest BCUT2D eigenvalue weighted by atomic mass is 14.9. The first-order valence-corrected chi connectivity index (χ1v) is 19.4. The molecule has 1 aromatic heterocycles. The highest BCUT2D eigenvalue weighted by Crippen LogP contribution is 2.49. The number of aromatic nitrogens is 1. The van der Waals surface area contributed by atoms with Gasteiger partial charge in [0.05, 0.1) is 0 Å². The zero-order valence-corrected chi connectivity index (χ0v) is 28.1. The first-order valence-electron chi connectivity index (χ1n) is 19.4. The molecule has 2 nitrogen and oxygen atoms in total. The Kier molecular flexibility index (Phi) is 10.3. The molecule has 0 saturated heterocycles. The molecule has 2 heteroatoms. The van der Waals surface area contributed by atoms with Crippen molar-refractivity contribution in [1.82, 2.24) is 10.3 Å². The molecule has 0 aliphatic heterocycles. The van der Waals surface area contributed by atoms with E-state index in [0.717, 1.165) is 42.1 Å². The van der Waals surface area contributed by atoms with Crippen LogP contribution in [-0.4, -0.2) is 17.6 Å². The molecule has 0 aromatic carbocycles. The van der Waals surface area contributed by atoms with E-state index in [-0.39, 0.29) is 0 Å². The van der Waals surface area contributed by atoms with Crippen LogP contribution in [0.5, 0.6) is 0 Å². The molecule has 2 saturated carbocycles. The van der Waals surface area contributed by atoms with Gasteiger partial charge < -0.3 is 10.3 Å². The molecule has 0 spiro atoms. The summed E-state index contributed by atoms with van der Waals surface area (Å²) in [7, 11) is 0. The molecule has 6 aliphatic rings. The van der Waals surface area contributed by atoms with E-state index in [4.69, 9.17) is 0 Å². The summed E-state index contributed by atoms with van der Waals surface area (Å²) in [5.74, 6) is 4.80. The van der Waals surface area contributed by atoms with Crippen LogP contribution in [0.15, 0.2) is 64.6 Å². The van der Waals surface area contributed by atoms with Crippen molar-refractivity contribution in [1.29, 1.82) is 0 Å². The van der Waals surface area contributed by atoms with E-state index < -0.39 is 0 Å². The predicted molar refractivity (Wildman–Crippen MR) is 187 cm³/mol. The minimum absolute atomic E-state index is 0.570. The molecule has 6 aliphatic carbocycles. The van der Waals surface area contributed by atoms with Crippen LogP contribution in [0.2, 0.25) is 0 Å². The average Bonchev–Trinajstić information content (AvgIpc) is 3.64. The van der Waals surface area contributed by atoms with E-state index >= 15 is 0 Å². The molecule has 0 amide bonds. The molecule has 1 heterocycles. The van der Waals surface area contributed by atoms with Gasteiger partial charge in [0.1, 0.15) is 0 Å². The highest BCUT2D eigenvalue weighted by Gasteiger charge is 2.36. The molecule has 44 heavy (non-hydrogen) atoms. The van der Waals surface area contributed by atoms with E-state index in [0.29, 0.717) is 6.04 Å². The highest BCUT2D eigenvalue weighted by molar-refractivity contribution is 5.30. The number of allylic oxidation sites excluding steroid dienone is 6. The van der Waals surface area contributed by atoms with E-state index in [2.05, 4.69) is 53.9 Å². The molecule has 1 aromatic rings. The van der Waals surface area contributed by atoms with E-state index in [9.17, 15) is 0 Å². The lowest BCUT2D eigenvalue weighted by Gasteiger charge is -2.41. The van der Waals surface area contributed by atoms with Crippen LogP contribution in [0.25, 0.3) is 0 Å². The predicted octanol–water partition coefficient (Wildman–Crippen LogP) is 11.5. The van der Waals surface area contributed by atoms with Crippen molar-refractivity contribution >= 4 is 0 Å². The first-order chi connectivity index (χ1) is 21.7. The maximum atomic E-state index is 4.10. The third kappa shape index (κ3) is 6.96.